The number of esters is 1. The first-order valence-electron chi connectivity index (χ1n) is 7.50. The first-order chi connectivity index (χ1) is 12.5. The Labute approximate surface area is 153 Å². The maximum absolute atomic E-state index is 12.9. The van der Waals surface area contributed by atoms with Crippen molar-refractivity contribution in [2.24, 2.45) is 0 Å². The molecule has 0 saturated carbocycles. The van der Waals surface area contributed by atoms with Crippen LogP contribution in [0.3, 0.4) is 0 Å². The van der Waals surface area contributed by atoms with E-state index in [1.54, 1.807) is 18.2 Å². The largest absolute Gasteiger partial charge is 0.454 e. The number of hydrogen-bond donors (Lipinski definition) is 1. The molecule has 8 heteroatoms. The number of anilines is 1. The summed E-state index contributed by atoms with van der Waals surface area (Å²) in [5.41, 5.74) is 0.943. The predicted octanol–water partition coefficient (Wildman–Crippen LogP) is 3.40. The van der Waals surface area contributed by atoms with Crippen molar-refractivity contribution in [3.05, 3.63) is 58.9 Å². The first-order valence-corrected chi connectivity index (χ1v) is 7.88. The molecule has 0 fully saturated rings. The summed E-state index contributed by atoms with van der Waals surface area (Å²) in [7, 11) is 0. The molecule has 1 aliphatic rings. The number of fused-ring (bicyclic) bond motifs is 1. The van der Waals surface area contributed by atoms with Gasteiger partial charge in [0.2, 0.25) is 6.79 Å². The molecule has 2 aromatic rings. The van der Waals surface area contributed by atoms with Crippen LogP contribution < -0.4 is 14.8 Å². The van der Waals surface area contributed by atoms with Gasteiger partial charge in [-0.05, 0) is 42.0 Å². The van der Waals surface area contributed by atoms with Gasteiger partial charge in [-0.2, -0.15) is 0 Å². The second-order valence-corrected chi connectivity index (χ2v) is 5.63. The fourth-order valence-electron chi connectivity index (χ4n) is 2.14. The average Bonchev–Trinajstić information content (AvgIpc) is 3.08. The van der Waals surface area contributed by atoms with Gasteiger partial charge in [0.05, 0.1) is 10.7 Å². The van der Waals surface area contributed by atoms with Crippen LogP contribution in [-0.2, 0) is 14.3 Å². The van der Waals surface area contributed by atoms with E-state index in [0.717, 1.165) is 12.1 Å². The van der Waals surface area contributed by atoms with Crippen LogP contribution in [0.5, 0.6) is 11.5 Å². The highest BCUT2D eigenvalue weighted by Crippen LogP contribution is 2.32. The van der Waals surface area contributed by atoms with Crippen molar-refractivity contribution < 1.29 is 28.2 Å². The monoisotopic (exact) mass is 377 g/mol. The summed E-state index contributed by atoms with van der Waals surface area (Å²) in [6, 6.07) is 8.74. The van der Waals surface area contributed by atoms with Crippen LogP contribution in [0.15, 0.2) is 42.5 Å². The summed E-state index contributed by atoms with van der Waals surface area (Å²) >= 11 is 5.80. The van der Waals surface area contributed by atoms with E-state index in [0.29, 0.717) is 17.1 Å². The highest BCUT2D eigenvalue weighted by atomic mass is 35.5. The molecule has 0 radical (unpaired) electrons. The number of halogens is 2. The lowest BCUT2D eigenvalue weighted by molar-refractivity contribution is -0.142. The Morgan fingerprint density at radius 1 is 1.19 bits per heavy atom. The van der Waals surface area contributed by atoms with Crippen molar-refractivity contribution in [3.63, 3.8) is 0 Å². The van der Waals surface area contributed by atoms with E-state index >= 15 is 0 Å². The standard InChI is InChI=1S/C18H13ClFNO5/c19-13-8-12(20)3-4-14(13)21-17(22)9-24-18(23)6-2-11-1-5-15-16(7-11)26-10-25-15/h1-8H,9-10H2,(H,21,22)/b6-2+. The maximum atomic E-state index is 12.9. The second-order valence-electron chi connectivity index (χ2n) is 5.23. The Hall–Kier alpha value is -3.06. The molecule has 6 nitrogen and oxygen atoms in total. The number of amides is 1. The van der Waals surface area contributed by atoms with Gasteiger partial charge in [-0.3, -0.25) is 4.79 Å². The molecule has 3 rings (SSSR count). The fourth-order valence-corrected chi connectivity index (χ4v) is 2.36. The van der Waals surface area contributed by atoms with Crippen molar-refractivity contribution in [1.82, 2.24) is 0 Å². The summed E-state index contributed by atoms with van der Waals surface area (Å²) in [4.78, 5) is 23.5. The van der Waals surface area contributed by atoms with Gasteiger partial charge in [-0.15, -0.1) is 0 Å². The van der Waals surface area contributed by atoms with Crippen LogP contribution in [0, 0.1) is 5.82 Å². The van der Waals surface area contributed by atoms with Crippen LogP contribution in [0.1, 0.15) is 5.56 Å². The zero-order valence-electron chi connectivity index (χ0n) is 13.3. The van der Waals surface area contributed by atoms with E-state index in [-0.39, 0.29) is 17.5 Å². The number of nitrogens with one attached hydrogen (secondary N) is 1. The third-order valence-corrected chi connectivity index (χ3v) is 3.67. The molecule has 1 aliphatic heterocycles. The SMILES string of the molecule is O=C(COC(=O)/C=C/c1ccc2c(c1)OCO2)Nc1ccc(F)cc1Cl. The molecular formula is C18H13ClFNO5. The molecule has 1 amide bonds. The number of carbonyl (C=O) groups is 2. The lowest BCUT2D eigenvalue weighted by atomic mass is 10.2. The first kappa shape index (κ1) is 17.8. The van der Waals surface area contributed by atoms with Gasteiger partial charge in [0, 0.05) is 6.08 Å². The molecule has 0 saturated heterocycles. The van der Waals surface area contributed by atoms with Crippen LogP contribution in [-0.4, -0.2) is 25.3 Å². The zero-order chi connectivity index (χ0) is 18.5. The Bertz CT molecular complexity index is 884. The van der Waals surface area contributed by atoms with Crippen LogP contribution in [0.2, 0.25) is 5.02 Å². The van der Waals surface area contributed by atoms with Crippen LogP contribution in [0.25, 0.3) is 6.08 Å². The quantitative estimate of drug-likeness (QED) is 0.638. The van der Waals surface area contributed by atoms with Crippen molar-refractivity contribution in [2.45, 2.75) is 0 Å². The lowest BCUT2D eigenvalue weighted by Crippen LogP contribution is -2.20. The van der Waals surface area contributed by atoms with Gasteiger partial charge in [-0.25, -0.2) is 9.18 Å². The molecule has 0 unspecified atom stereocenters. The van der Waals surface area contributed by atoms with Gasteiger partial charge in [0.25, 0.3) is 5.91 Å². The minimum atomic E-state index is -0.692. The Balaban J connectivity index is 1.49. The highest BCUT2D eigenvalue weighted by Gasteiger charge is 2.12. The molecule has 1 N–H and O–H groups in total. The predicted molar refractivity (Wildman–Crippen MR) is 92.6 cm³/mol. The van der Waals surface area contributed by atoms with E-state index in [1.165, 1.54) is 18.2 Å². The topological polar surface area (TPSA) is 73.9 Å². The van der Waals surface area contributed by atoms with E-state index < -0.39 is 24.3 Å². The number of hydrogen-bond acceptors (Lipinski definition) is 5. The highest BCUT2D eigenvalue weighted by molar-refractivity contribution is 6.33. The van der Waals surface area contributed by atoms with Gasteiger partial charge >= 0.3 is 5.97 Å². The van der Waals surface area contributed by atoms with Gasteiger partial charge in [-0.1, -0.05) is 17.7 Å². The van der Waals surface area contributed by atoms with Gasteiger partial charge in [0.15, 0.2) is 18.1 Å². The van der Waals surface area contributed by atoms with Crippen LogP contribution in [0.4, 0.5) is 10.1 Å². The molecule has 0 aromatic heterocycles. The summed E-state index contributed by atoms with van der Waals surface area (Å²) < 4.78 is 28.2. The average molecular weight is 378 g/mol. The molecule has 0 spiro atoms. The minimum Gasteiger partial charge on any atom is -0.454 e. The van der Waals surface area contributed by atoms with Gasteiger partial charge in [0.1, 0.15) is 5.82 Å². The molecule has 0 atom stereocenters. The lowest BCUT2D eigenvalue weighted by Gasteiger charge is -2.07. The van der Waals surface area contributed by atoms with E-state index in [2.05, 4.69) is 5.32 Å². The normalized spacial score (nSPS) is 12.2. The fraction of sp³-hybridized carbons (Fsp3) is 0.111. The minimum absolute atomic E-state index is 0.0485. The Morgan fingerprint density at radius 3 is 2.81 bits per heavy atom. The molecule has 0 bridgehead atoms. The molecule has 2 aromatic carbocycles. The summed E-state index contributed by atoms with van der Waals surface area (Å²) in [6.07, 6.45) is 2.72. The molecule has 134 valence electrons. The Morgan fingerprint density at radius 2 is 2.00 bits per heavy atom. The summed E-state index contributed by atoms with van der Waals surface area (Å²) in [5.74, 6) is -0.573. The number of benzene rings is 2. The summed E-state index contributed by atoms with van der Waals surface area (Å²) in [5, 5.41) is 2.47. The smallest absolute Gasteiger partial charge is 0.331 e. The van der Waals surface area contributed by atoms with Crippen LogP contribution >= 0.6 is 11.6 Å². The van der Waals surface area contributed by atoms with E-state index in [1.807, 2.05) is 0 Å². The number of rotatable bonds is 5. The van der Waals surface area contributed by atoms with E-state index in [4.69, 9.17) is 25.8 Å². The zero-order valence-corrected chi connectivity index (χ0v) is 14.1. The van der Waals surface area contributed by atoms with E-state index in [9.17, 15) is 14.0 Å². The maximum Gasteiger partial charge on any atom is 0.331 e. The molecule has 0 aliphatic carbocycles. The Kier molecular flexibility index (Phi) is 5.38. The van der Waals surface area contributed by atoms with Crippen molar-refractivity contribution in [1.29, 1.82) is 0 Å². The number of carbonyl (C=O) groups excluding carboxylic acids is 2. The molecule has 1 heterocycles. The van der Waals surface area contributed by atoms with Crippen molar-refractivity contribution in [3.8, 4) is 11.5 Å². The molecular weight excluding hydrogens is 365 g/mol. The summed E-state index contributed by atoms with van der Waals surface area (Å²) in [6.45, 7) is -0.338. The number of ether oxygens (including phenoxy) is 3. The molecule has 26 heavy (non-hydrogen) atoms. The third-order valence-electron chi connectivity index (χ3n) is 3.36. The van der Waals surface area contributed by atoms with Gasteiger partial charge < -0.3 is 19.5 Å². The van der Waals surface area contributed by atoms with Crippen molar-refractivity contribution >= 4 is 35.2 Å². The van der Waals surface area contributed by atoms with Crippen molar-refractivity contribution in [2.75, 3.05) is 18.7 Å². The second kappa shape index (κ2) is 7.88. The third kappa shape index (κ3) is 4.52.